The molecule has 0 bridgehead atoms. The summed E-state index contributed by atoms with van der Waals surface area (Å²) in [5, 5.41) is 15.7. The van der Waals surface area contributed by atoms with Gasteiger partial charge in [0.25, 0.3) is 0 Å². The van der Waals surface area contributed by atoms with Crippen molar-refractivity contribution >= 4 is 23.6 Å². The molecule has 1 heterocycles. The molecule has 1 aromatic heterocycles. The summed E-state index contributed by atoms with van der Waals surface area (Å²) in [4.78, 5) is 38.6. The molecule has 0 unspecified atom stereocenters. The van der Waals surface area contributed by atoms with Gasteiger partial charge in [-0.1, -0.05) is 0 Å². The van der Waals surface area contributed by atoms with Crippen LogP contribution in [0.25, 0.3) is 11.3 Å². The van der Waals surface area contributed by atoms with Gasteiger partial charge >= 0.3 is 17.9 Å². The van der Waals surface area contributed by atoms with Crippen molar-refractivity contribution in [1.29, 1.82) is 0 Å². The highest BCUT2D eigenvalue weighted by Crippen LogP contribution is 2.32. The SMILES string of the molecule is COc1cc(NC(=O)C(=O)NC(C)(C)CNC(=O)O)ccc1-c1cnco1. The van der Waals surface area contributed by atoms with Gasteiger partial charge in [-0.2, -0.15) is 0 Å². The average Bonchev–Trinajstić information content (AvgIpc) is 3.14. The summed E-state index contributed by atoms with van der Waals surface area (Å²) in [7, 11) is 1.46. The zero-order chi connectivity index (χ0) is 20.0. The maximum Gasteiger partial charge on any atom is 0.404 e. The van der Waals surface area contributed by atoms with Crippen LogP contribution in [0.2, 0.25) is 0 Å². The van der Waals surface area contributed by atoms with E-state index >= 15 is 0 Å². The van der Waals surface area contributed by atoms with E-state index < -0.39 is 23.4 Å². The van der Waals surface area contributed by atoms with Gasteiger partial charge in [0.2, 0.25) is 0 Å². The average molecular weight is 376 g/mol. The summed E-state index contributed by atoms with van der Waals surface area (Å²) in [6.07, 6.45) is 1.59. The quantitative estimate of drug-likeness (QED) is 0.559. The molecule has 0 aliphatic carbocycles. The number of carbonyl (C=O) groups excluding carboxylic acids is 2. The van der Waals surface area contributed by atoms with Crippen molar-refractivity contribution in [3.8, 4) is 17.1 Å². The molecule has 2 rings (SSSR count). The maximum atomic E-state index is 12.1. The molecular weight excluding hydrogens is 356 g/mol. The van der Waals surface area contributed by atoms with Gasteiger partial charge in [0, 0.05) is 18.3 Å². The molecule has 4 N–H and O–H groups in total. The Bertz CT molecular complexity index is 832. The first kappa shape index (κ1) is 19.8. The molecule has 0 saturated heterocycles. The zero-order valence-corrected chi connectivity index (χ0v) is 15.0. The van der Waals surface area contributed by atoms with E-state index in [9.17, 15) is 14.4 Å². The summed E-state index contributed by atoms with van der Waals surface area (Å²) >= 11 is 0. The number of amides is 3. The van der Waals surface area contributed by atoms with Crippen molar-refractivity contribution in [2.75, 3.05) is 19.0 Å². The van der Waals surface area contributed by atoms with Crippen LogP contribution in [0, 0.1) is 0 Å². The van der Waals surface area contributed by atoms with Crippen molar-refractivity contribution < 1.29 is 28.6 Å². The van der Waals surface area contributed by atoms with E-state index in [2.05, 4.69) is 20.9 Å². The monoisotopic (exact) mass is 376 g/mol. The number of nitrogens with zero attached hydrogens (tertiary/aromatic N) is 1. The fraction of sp³-hybridized carbons (Fsp3) is 0.294. The number of ether oxygens (including phenoxy) is 1. The zero-order valence-electron chi connectivity index (χ0n) is 15.0. The summed E-state index contributed by atoms with van der Waals surface area (Å²) in [5.74, 6) is -0.871. The number of carbonyl (C=O) groups is 3. The number of rotatable bonds is 6. The van der Waals surface area contributed by atoms with Gasteiger partial charge < -0.3 is 30.2 Å². The molecule has 0 aliphatic rings. The topological polar surface area (TPSA) is 143 Å². The van der Waals surface area contributed by atoms with Crippen LogP contribution in [0.1, 0.15) is 13.8 Å². The van der Waals surface area contributed by atoms with E-state index in [1.807, 2.05) is 0 Å². The Kier molecular flexibility index (Phi) is 6.01. The first-order valence-corrected chi connectivity index (χ1v) is 7.89. The standard InChI is InChI=1S/C17H20N4O6/c1-17(2,8-19-16(24)25)21-15(23)14(22)20-10-4-5-11(12(6-10)26-3)13-7-18-9-27-13/h4-7,9,19H,8H2,1-3H3,(H,20,22)(H,21,23)(H,24,25). The molecule has 10 nitrogen and oxygen atoms in total. The Balaban J connectivity index is 2.04. The highest BCUT2D eigenvalue weighted by atomic mass is 16.5. The Hall–Kier alpha value is -3.56. The number of hydrogen-bond donors (Lipinski definition) is 4. The van der Waals surface area contributed by atoms with Gasteiger partial charge in [-0.05, 0) is 26.0 Å². The van der Waals surface area contributed by atoms with Gasteiger partial charge in [-0.15, -0.1) is 0 Å². The van der Waals surface area contributed by atoms with Gasteiger partial charge in [0.05, 0.1) is 24.4 Å². The van der Waals surface area contributed by atoms with Crippen molar-refractivity contribution in [2.45, 2.75) is 19.4 Å². The summed E-state index contributed by atoms with van der Waals surface area (Å²) in [6, 6.07) is 4.79. The molecule has 0 radical (unpaired) electrons. The normalized spacial score (nSPS) is 10.8. The summed E-state index contributed by atoms with van der Waals surface area (Å²) in [5.41, 5.74) is 0.0377. The third-order valence-electron chi connectivity index (χ3n) is 3.50. The molecule has 10 heteroatoms. The molecular formula is C17H20N4O6. The Labute approximate surface area is 154 Å². The van der Waals surface area contributed by atoms with E-state index in [0.717, 1.165) is 0 Å². The number of benzene rings is 1. The van der Waals surface area contributed by atoms with Crippen LogP contribution >= 0.6 is 0 Å². The molecule has 0 fully saturated rings. The van der Waals surface area contributed by atoms with Crippen LogP contribution < -0.4 is 20.7 Å². The van der Waals surface area contributed by atoms with E-state index in [1.165, 1.54) is 19.7 Å². The van der Waals surface area contributed by atoms with E-state index in [-0.39, 0.29) is 6.54 Å². The lowest BCUT2D eigenvalue weighted by Crippen LogP contribution is -2.53. The number of aromatic nitrogens is 1. The van der Waals surface area contributed by atoms with Crippen LogP contribution in [0.15, 0.2) is 35.2 Å². The van der Waals surface area contributed by atoms with Crippen LogP contribution in [-0.4, -0.2) is 47.2 Å². The van der Waals surface area contributed by atoms with Gasteiger partial charge in [0.1, 0.15) is 5.75 Å². The minimum absolute atomic E-state index is 0.0545. The summed E-state index contributed by atoms with van der Waals surface area (Å²) in [6.45, 7) is 3.12. The van der Waals surface area contributed by atoms with Crippen LogP contribution in [0.5, 0.6) is 5.75 Å². The van der Waals surface area contributed by atoms with Crippen LogP contribution in [0.3, 0.4) is 0 Å². The van der Waals surface area contributed by atoms with E-state index in [0.29, 0.717) is 22.8 Å². The van der Waals surface area contributed by atoms with Crippen molar-refractivity contribution in [2.24, 2.45) is 0 Å². The molecule has 0 spiro atoms. The number of oxazole rings is 1. The lowest BCUT2D eigenvalue weighted by Gasteiger charge is -2.25. The lowest BCUT2D eigenvalue weighted by molar-refractivity contribution is -0.137. The second kappa shape index (κ2) is 8.21. The Morgan fingerprint density at radius 2 is 2.00 bits per heavy atom. The third-order valence-corrected chi connectivity index (χ3v) is 3.50. The highest BCUT2D eigenvalue weighted by Gasteiger charge is 2.25. The predicted molar refractivity (Wildman–Crippen MR) is 95.4 cm³/mol. The molecule has 144 valence electrons. The highest BCUT2D eigenvalue weighted by molar-refractivity contribution is 6.39. The number of hydrogen-bond acceptors (Lipinski definition) is 6. The van der Waals surface area contributed by atoms with Crippen LogP contribution in [-0.2, 0) is 9.59 Å². The van der Waals surface area contributed by atoms with Crippen molar-refractivity contribution in [1.82, 2.24) is 15.6 Å². The molecule has 27 heavy (non-hydrogen) atoms. The number of nitrogens with one attached hydrogen (secondary N) is 3. The van der Waals surface area contributed by atoms with Crippen molar-refractivity contribution in [3.05, 3.63) is 30.8 Å². The molecule has 0 atom stereocenters. The van der Waals surface area contributed by atoms with Crippen molar-refractivity contribution in [3.63, 3.8) is 0 Å². The van der Waals surface area contributed by atoms with Crippen LogP contribution in [0.4, 0.5) is 10.5 Å². The molecule has 2 aromatic rings. The second-order valence-electron chi connectivity index (χ2n) is 6.23. The molecule has 0 saturated carbocycles. The smallest absolute Gasteiger partial charge is 0.404 e. The largest absolute Gasteiger partial charge is 0.496 e. The van der Waals surface area contributed by atoms with Gasteiger partial charge in [0.15, 0.2) is 12.2 Å². The first-order chi connectivity index (χ1) is 12.7. The lowest BCUT2D eigenvalue weighted by atomic mass is 10.1. The third kappa shape index (κ3) is 5.46. The molecule has 0 aliphatic heterocycles. The predicted octanol–water partition coefficient (Wildman–Crippen LogP) is 1.45. The maximum absolute atomic E-state index is 12.1. The minimum atomic E-state index is -1.22. The second-order valence-corrected chi connectivity index (χ2v) is 6.23. The molecule has 1 aromatic carbocycles. The summed E-state index contributed by atoms with van der Waals surface area (Å²) < 4.78 is 10.5. The molecule has 3 amide bonds. The Morgan fingerprint density at radius 1 is 1.26 bits per heavy atom. The van der Waals surface area contributed by atoms with E-state index in [1.54, 1.807) is 32.0 Å². The fourth-order valence-corrected chi connectivity index (χ4v) is 2.21. The fourth-order valence-electron chi connectivity index (χ4n) is 2.21. The minimum Gasteiger partial charge on any atom is -0.496 e. The van der Waals surface area contributed by atoms with Gasteiger partial charge in [-0.3, -0.25) is 9.59 Å². The number of carboxylic acid groups (broad SMARTS) is 1. The number of methoxy groups -OCH3 is 1. The first-order valence-electron chi connectivity index (χ1n) is 7.89. The van der Waals surface area contributed by atoms with Gasteiger partial charge in [-0.25, -0.2) is 9.78 Å². The number of anilines is 1. The Morgan fingerprint density at radius 3 is 2.59 bits per heavy atom. The van der Waals surface area contributed by atoms with E-state index in [4.69, 9.17) is 14.3 Å².